The molecule has 1 heterocycles. The third-order valence-electron chi connectivity index (χ3n) is 2.48. The number of halogens is 1. The van der Waals surface area contributed by atoms with Gasteiger partial charge in [0.2, 0.25) is 5.84 Å². The summed E-state index contributed by atoms with van der Waals surface area (Å²) < 4.78 is 22.2. The van der Waals surface area contributed by atoms with E-state index in [9.17, 15) is 14.0 Å². The number of likely N-dealkylation sites (N-methyl/N-ethyl adjacent to an activating group) is 1. The number of urea groups is 1. The van der Waals surface area contributed by atoms with Crippen molar-refractivity contribution in [3.8, 4) is 0 Å². The molecule has 1 aromatic carbocycles. The maximum atomic E-state index is 13.7. The van der Waals surface area contributed by atoms with Crippen molar-refractivity contribution in [3.63, 3.8) is 0 Å². The number of amidine groups is 1. The predicted octanol–water partition coefficient (Wildman–Crippen LogP) is 1.83. The molecule has 1 fully saturated rings. The smallest absolute Gasteiger partial charge is 0.299 e. The Morgan fingerprint density at radius 3 is 2.63 bits per heavy atom. The molecule has 8 heteroatoms. The number of carbonyl (C=O) groups is 2. The van der Waals surface area contributed by atoms with E-state index in [1.165, 1.54) is 32.4 Å². The molecule has 6 nitrogen and oxygen atoms in total. The summed E-state index contributed by atoms with van der Waals surface area (Å²) in [6, 6.07) is 4.99. The van der Waals surface area contributed by atoms with E-state index in [4.69, 9.17) is 0 Å². The highest BCUT2D eigenvalue weighted by molar-refractivity contribution is 7.93. The van der Waals surface area contributed by atoms with Gasteiger partial charge in [-0.05, 0) is 12.1 Å². The maximum absolute atomic E-state index is 13.7. The van der Waals surface area contributed by atoms with E-state index in [1.807, 2.05) is 0 Å². The molecule has 100 valence electrons. The largest absolute Gasteiger partial charge is 0.337 e. The van der Waals surface area contributed by atoms with Gasteiger partial charge in [0.05, 0.1) is 12.8 Å². The third-order valence-corrected chi connectivity index (χ3v) is 2.87. The van der Waals surface area contributed by atoms with Crippen LogP contribution in [0, 0.1) is 5.82 Å². The zero-order chi connectivity index (χ0) is 14.0. The topological polar surface area (TPSA) is 62.2 Å². The van der Waals surface area contributed by atoms with E-state index < -0.39 is 17.8 Å². The second-order valence-corrected chi connectivity index (χ2v) is 4.25. The summed E-state index contributed by atoms with van der Waals surface area (Å²) in [6.07, 6.45) is 0. The molecule has 3 amide bonds. The Kier molecular flexibility index (Phi) is 3.82. The van der Waals surface area contributed by atoms with Gasteiger partial charge in [-0.15, -0.1) is 0 Å². The minimum atomic E-state index is -0.662. The Hall–Kier alpha value is -1.93. The van der Waals surface area contributed by atoms with Gasteiger partial charge in [-0.2, -0.15) is 4.40 Å². The lowest BCUT2D eigenvalue weighted by Crippen LogP contribution is -2.32. The third kappa shape index (κ3) is 2.32. The lowest BCUT2D eigenvalue weighted by Gasteiger charge is -2.15. The number of hydrogen-bond acceptors (Lipinski definition) is 5. The van der Waals surface area contributed by atoms with Gasteiger partial charge in [-0.1, -0.05) is 12.1 Å². The summed E-state index contributed by atoms with van der Waals surface area (Å²) in [5, 5.41) is 0. The summed E-state index contributed by atoms with van der Waals surface area (Å²) in [4.78, 5) is 25.6. The molecule has 1 aliphatic rings. The normalized spacial score (nSPS) is 17.7. The number of rotatable bonds is 3. The van der Waals surface area contributed by atoms with Crippen LogP contribution < -0.4 is 4.90 Å². The number of imide groups is 1. The maximum Gasteiger partial charge on any atom is 0.337 e. The van der Waals surface area contributed by atoms with Crippen LogP contribution in [0.1, 0.15) is 0 Å². The van der Waals surface area contributed by atoms with E-state index in [1.54, 1.807) is 6.07 Å². The minimum absolute atomic E-state index is 0.0272. The highest BCUT2D eigenvalue weighted by Gasteiger charge is 2.42. The summed E-state index contributed by atoms with van der Waals surface area (Å²) in [5.41, 5.74) is -0.0272. The first-order chi connectivity index (χ1) is 9.07. The molecule has 0 N–H and O–H groups in total. The van der Waals surface area contributed by atoms with Crippen LogP contribution in [0.2, 0.25) is 0 Å². The minimum Gasteiger partial charge on any atom is -0.299 e. The van der Waals surface area contributed by atoms with E-state index in [0.717, 1.165) is 9.80 Å². The predicted molar refractivity (Wildman–Crippen MR) is 69.1 cm³/mol. The molecule has 2 rings (SSSR count). The number of para-hydroxylation sites is 1. The summed E-state index contributed by atoms with van der Waals surface area (Å²) >= 11 is 0.642. The van der Waals surface area contributed by atoms with Crippen molar-refractivity contribution < 1.29 is 18.2 Å². The average Bonchev–Trinajstić information content (AvgIpc) is 2.62. The van der Waals surface area contributed by atoms with Crippen LogP contribution in [0.4, 0.5) is 14.9 Å². The number of nitrogens with zero attached hydrogens (tertiary/aromatic N) is 3. The van der Waals surface area contributed by atoms with Gasteiger partial charge in [0.1, 0.15) is 18.0 Å². The van der Waals surface area contributed by atoms with Crippen LogP contribution in [0.5, 0.6) is 0 Å². The van der Waals surface area contributed by atoms with Gasteiger partial charge in [-0.3, -0.25) is 13.9 Å². The van der Waals surface area contributed by atoms with Crippen molar-refractivity contribution in [3.05, 3.63) is 30.1 Å². The molecule has 0 bridgehead atoms. The molecule has 0 saturated carbocycles. The first kappa shape index (κ1) is 13.5. The van der Waals surface area contributed by atoms with Crippen LogP contribution >= 0.6 is 12.2 Å². The Bertz CT molecular complexity index is 564. The molecule has 0 atom stereocenters. The van der Waals surface area contributed by atoms with Gasteiger partial charge < -0.3 is 0 Å². The zero-order valence-electron chi connectivity index (χ0n) is 10.2. The zero-order valence-corrected chi connectivity index (χ0v) is 11.0. The van der Waals surface area contributed by atoms with Gasteiger partial charge >= 0.3 is 6.03 Å². The van der Waals surface area contributed by atoms with Crippen molar-refractivity contribution >= 4 is 35.7 Å². The van der Waals surface area contributed by atoms with Crippen LogP contribution in [-0.2, 0) is 8.98 Å². The van der Waals surface area contributed by atoms with Crippen molar-refractivity contribution in [2.75, 3.05) is 19.1 Å². The molecule has 0 radical (unpaired) electrons. The van der Waals surface area contributed by atoms with Crippen molar-refractivity contribution in [1.82, 2.24) is 4.90 Å². The van der Waals surface area contributed by atoms with Gasteiger partial charge in [-0.25, -0.2) is 14.1 Å². The molecule has 0 aliphatic carbocycles. The van der Waals surface area contributed by atoms with Crippen LogP contribution in [0.3, 0.4) is 0 Å². The second-order valence-electron chi connectivity index (χ2n) is 3.59. The van der Waals surface area contributed by atoms with E-state index in [-0.39, 0.29) is 11.5 Å². The first-order valence-electron chi connectivity index (χ1n) is 5.22. The van der Waals surface area contributed by atoms with Crippen LogP contribution in [0.25, 0.3) is 0 Å². The summed E-state index contributed by atoms with van der Waals surface area (Å²) in [5.74, 6) is -1.42. The molecule has 1 aromatic rings. The van der Waals surface area contributed by atoms with Crippen LogP contribution in [-0.4, -0.2) is 36.8 Å². The molecule has 19 heavy (non-hydrogen) atoms. The number of carbonyl (C=O) groups excluding carboxylic acids is 2. The number of amides is 3. The quantitative estimate of drug-likeness (QED) is 0.482. The van der Waals surface area contributed by atoms with Gasteiger partial charge in [0.15, 0.2) is 0 Å². The lowest BCUT2D eigenvalue weighted by molar-refractivity contribution is -0.119. The van der Waals surface area contributed by atoms with Crippen molar-refractivity contribution in [2.45, 2.75) is 0 Å². The molecule has 1 aliphatic heterocycles. The monoisotopic (exact) mass is 283 g/mol. The van der Waals surface area contributed by atoms with E-state index >= 15 is 0 Å². The number of hydrogen-bond donors (Lipinski definition) is 0. The van der Waals surface area contributed by atoms with Crippen LogP contribution in [0.15, 0.2) is 28.7 Å². The molecule has 1 saturated heterocycles. The Morgan fingerprint density at radius 2 is 2.00 bits per heavy atom. The fraction of sp³-hybridized carbons (Fsp3) is 0.182. The van der Waals surface area contributed by atoms with Gasteiger partial charge in [0.25, 0.3) is 5.91 Å². The van der Waals surface area contributed by atoms with Crippen molar-refractivity contribution in [1.29, 1.82) is 0 Å². The molecular formula is C11H10FN3O3S. The highest BCUT2D eigenvalue weighted by Crippen LogP contribution is 2.25. The Balaban J connectivity index is 2.49. The van der Waals surface area contributed by atoms with E-state index in [0.29, 0.717) is 12.2 Å². The molecule has 0 unspecified atom stereocenters. The summed E-state index contributed by atoms with van der Waals surface area (Å²) in [6.45, 7) is 0. The molecular weight excluding hydrogens is 273 g/mol. The summed E-state index contributed by atoms with van der Waals surface area (Å²) in [7, 11) is 2.67. The number of anilines is 1. The van der Waals surface area contributed by atoms with Crippen molar-refractivity contribution in [2.24, 2.45) is 4.40 Å². The standard InChI is InChI=1S/C11H10FN3O3S/c1-14-10(16)9(13-19-18-2)15(11(14)17)8-6-4-3-5-7(8)12/h3-6H,1-2H3/b13-9+. The first-order valence-corrected chi connectivity index (χ1v) is 5.92. The highest BCUT2D eigenvalue weighted by atomic mass is 32.2. The molecule has 0 spiro atoms. The SMILES string of the molecule is COS/N=C1\C(=O)N(C)C(=O)N1c1ccccc1F. The Morgan fingerprint density at radius 1 is 1.32 bits per heavy atom. The fourth-order valence-corrected chi connectivity index (χ4v) is 1.88. The van der Waals surface area contributed by atoms with E-state index in [2.05, 4.69) is 8.58 Å². The average molecular weight is 283 g/mol. The fourth-order valence-electron chi connectivity index (χ4n) is 1.58. The molecule has 0 aromatic heterocycles. The van der Waals surface area contributed by atoms with Gasteiger partial charge in [0, 0.05) is 7.05 Å². The second kappa shape index (κ2) is 5.37. The number of benzene rings is 1. The Labute approximate surface area is 113 Å². The lowest BCUT2D eigenvalue weighted by atomic mass is 10.3.